The first-order valence-corrected chi connectivity index (χ1v) is 9.70. The van der Waals surface area contributed by atoms with Gasteiger partial charge in [0.05, 0.1) is 16.9 Å². The summed E-state index contributed by atoms with van der Waals surface area (Å²) in [5.74, 6) is 3.28. The number of aromatic nitrogens is 4. The number of nitrogens with zero attached hydrogens (tertiary/aromatic N) is 5. The second-order valence-electron chi connectivity index (χ2n) is 7.70. The van der Waals surface area contributed by atoms with Crippen molar-refractivity contribution in [2.75, 3.05) is 11.4 Å². The van der Waals surface area contributed by atoms with Gasteiger partial charge in [-0.3, -0.25) is 9.36 Å². The fourth-order valence-electron chi connectivity index (χ4n) is 4.09. The molecule has 138 valence electrons. The Morgan fingerprint density at radius 1 is 1.07 bits per heavy atom. The highest BCUT2D eigenvalue weighted by atomic mass is 16.1. The van der Waals surface area contributed by atoms with Crippen molar-refractivity contribution < 1.29 is 0 Å². The summed E-state index contributed by atoms with van der Waals surface area (Å²) in [5, 5.41) is 0.669. The lowest BCUT2D eigenvalue weighted by Crippen LogP contribution is -2.31. The number of para-hydroxylation sites is 1. The van der Waals surface area contributed by atoms with E-state index in [1.54, 1.807) is 4.57 Å². The van der Waals surface area contributed by atoms with Gasteiger partial charge in [-0.2, -0.15) is 0 Å². The van der Waals surface area contributed by atoms with E-state index in [2.05, 4.69) is 16.0 Å². The molecule has 1 atom stereocenters. The van der Waals surface area contributed by atoms with Crippen molar-refractivity contribution in [2.45, 2.75) is 44.6 Å². The summed E-state index contributed by atoms with van der Waals surface area (Å²) in [5.41, 5.74) is 1.79. The fourth-order valence-corrected chi connectivity index (χ4v) is 4.09. The lowest BCUT2D eigenvalue weighted by Gasteiger charge is -2.27. The Balaban J connectivity index is 1.60. The van der Waals surface area contributed by atoms with Gasteiger partial charge in [0, 0.05) is 31.3 Å². The molecule has 0 radical (unpaired) electrons. The SMILES string of the molecule is Cc1cc(N2CCCC2c2nc3ccccc3c(=O)n2C)nc(C2CC2)n1. The van der Waals surface area contributed by atoms with Crippen LogP contribution in [0.1, 0.15) is 55.0 Å². The molecule has 1 saturated heterocycles. The Hall–Kier alpha value is -2.76. The highest BCUT2D eigenvalue weighted by Gasteiger charge is 2.33. The van der Waals surface area contributed by atoms with E-state index in [0.29, 0.717) is 11.3 Å². The van der Waals surface area contributed by atoms with Gasteiger partial charge in [-0.1, -0.05) is 12.1 Å². The molecule has 2 fully saturated rings. The lowest BCUT2D eigenvalue weighted by molar-refractivity contribution is 0.605. The third-order valence-corrected chi connectivity index (χ3v) is 5.66. The highest BCUT2D eigenvalue weighted by molar-refractivity contribution is 5.77. The van der Waals surface area contributed by atoms with E-state index < -0.39 is 0 Å². The van der Waals surface area contributed by atoms with Crippen LogP contribution >= 0.6 is 0 Å². The molecule has 2 aliphatic rings. The average Bonchev–Trinajstić information content (AvgIpc) is 3.41. The molecule has 1 aromatic carbocycles. The molecule has 0 bridgehead atoms. The first-order chi connectivity index (χ1) is 13.1. The third kappa shape index (κ3) is 2.80. The molecule has 6 nitrogen and oxygen atoms in total. The first-order valence-electron chi connectivity index (χ1n) is 9.70. The third-order valence-electron chi connectivity index (χ3n) is 5.66. The monoisotopic (exact) mass is 361 g/mol. The van der Waals surface area contributed by atoms with Crippen LogP contribution in [0.4, 0.5) is 5.82 Å². The summed E-state index contributed by atoms with van der Waals surface area (Å²) in [6.07, 6.45) is 4.41. The smallest absolute Gasteiger partial charge is 0.261 e. The van der Waals surface area contributed by atoms with Crippen LogP contribution in [0.15, 0.2) is 35.1 Å². The first kappa shape index (κ1) is 16.4. The predicted molar refractivity (Wildman–Crippen MR) is 105 cm³/mol. The van der Waals surface area contributed by atoms with Crippen LogP contribution in [0.5, 0.6) is 0 Å². The largest absolute Gasteiger partial charge is 0.346 e. The van der Waals surface area contributed by atoms with Gasteiger partial charge in [0.25, 0.3) is 5.56 Å². The van der Waals surface area contributed by atoms with Gasteiger partial charge in [-0.05, 0) is 44.7 Å². The number of aryl methyl sites for hydroxylation is 1. The Morgan fingerprint density at radius 3 is 2.70 bits per heavy atom. The standard InChI is InChI=1S/C21H23N5O/c1-13-12-18(24-19(22-13)14-9-10-14)26-11-5-8-17(26)20-23-16-7-4-3-6-15(16)21(27)25(20)2/h3-4,6-7,12,14,17H,5,8-11H2,1-2H3. The molecule has 5 rings (SSSR count). The molecule has 1 unspecified atom stereocenters. The minimum Gasteiger partial charge on any atom is -0.346 e. The predicted octanol–water partition coefficient (Wildman–Crippen LogP) is 3.25. The van der Waals surface area contributed by atoms with Gasteiger partial charge in [-0.15, -0.1) is 0 Å². The molecular formula is C21H23N5O. The molecule has 1 aliphatic carbocycles. The molecule has 1 aliphatic heterocycles. The van der Waals surface area contributed by atoms with E-state index in [4.69, 9.17) is 9.97 Å². The number of benzene rings is 1. The van der Waals surface area contributed by atoms with E-state index in [1.165, 1.54) is 12.8 Å². The van der Waals surface area contributed by atoms with Gasteiger partial charge in [0.2, 0.25) is 0 Å². The molecule has 2 aromatic heterocycles. The van der Waals surface area contributed by atoms with Crippen molar-refractivity contribution in [3.63, 3.8) is 0 Å². The Kier molecular flexibility index (Phi) is 3.74. The zero-order valence-corrected chi connectivity index (χ0v) is 15.7. The number of hydrogen-bond donors (Lipinski definition) is 0. The maximum atomic E-state index is 12.8. The van der Waals surface area contributed by atoms with Crippen LogP contribution in [0.25, 0.3) is 10.9 Å². The van der Waals surface area contributed by atoms with Gasteiger partial charge in [0.1, 0.15) is 17.5 Å². The zero-order valence-electron chi connectivity index (χ0n) is 15.7. The number of fused-ring (bicyclic) bond motifs is 1. The van der Waals surface area contributed by atoms with Crippen LogP contribution < -0.4 is 10.5 Å². The minimum atomic E-state index is 0.0139. The average molecular weight is 361 g/mol. The lowest BCUT2D eigenvalue weighted by atomic mass is 10.1. The molecule has 3 aromatic rings. The molecule has 6 heteroatoms. The molecular weight excluding hydrogens is 338 g/mol. The second kappa shape index (κ2) is 6.15. The van der Waals surface area contributed by atoms with E-state index in [-0.39, 0.29) is 11.6 Å². The van der Waals surface area contributed by atoms with E-state index >= 15 is 0 Å². The maximum Gasteiger partial charge on any atom is 0.261 e. The summed E-state index contributed by atoms with van der Waals surface area (Å²) in [6.45, 7) is 2.96. The maximum absolute atomic E-state index is 12.8. The van der Waals surface area contributed by atoms with Gasteiger partial charge < -0.3 is 4.90 Å². The Labute approximate surface area is 157 Å². The van der Waals surface area contributed by atoms with Crippen molar-refractivity contribution in [3.05, 3.63) is 58.0 Å². The second-order valence-corrected chi connectivity index (χ2v) is 7.70. The number of rotatable bonds is 3. The molecule has 0 N–H and O–H groups in total. The van der Waals surface area contributed by atoms with Gasteiger partial charge >= 0.3 is 0 Å². The van der Waals surface area contributed by atoms with Crippen molar-refractivity contribution in [3.8, 4) is 0 Å². The van der Waals surface area contributed by atoms with Crippen molar-refractivity contribution in [1.82, 2.24) is 19.5 Å². The normalized spacial score (nSPS) is 19.8. The van der Waals surface area contributed by atoms with E-state index in [1.807, 2.05) is 38.2 Å². The molecule has 27 heavy (non-hydrogen) atoms. The Bertz CT molecular complexity index is 1090. The van der Waals surface area contributed by atoms with Crippen LogP contribution in [-0.2, 0) is 7.05 Å². The topological polar surface area (TPSA) is 63.9 Å². The van der Waals surface area contributed by atoms with Gasteiger partial charge in [0.15, 0.2) is 0 Å². The minimum absolute atomic E-state index is 0.0139. The van der Waals surface area contributed by atoms with Crippen LogP contribution in [0.2, 0.25) is 0 Å². The van der Waals surface area contributed by atoms with Crippen LogP contribution in [0.3, 0.4) is 0 Å². The summed E-state index contributed by atoms with van der Waals surface area (Å²) in [7, 11) is 1.83. The molecule has 0 spiro atoms. The van der Waals surface area contributed by atoms with Gasteiger partial charge in [-0.25, -0.2) is 15.0 Å². The zero-order chi connectivity index (χ0) is 18.5. The molecule has 0 amide bonds. The summed E-state index contributed by atoms with van der Waals surface area (Å²) in [6, 6.07) is 9.70. The number of anilines is 1. The molecule has 1 saturated carbocycles. The number of hydrogen-bond acceptors (Lipinski definition) is 5. The highest BCUT2D eigenvalue weighted by Crippen LogP contribution is 2.40. The van der Waals surface area contributed by atoms with E-state index in [9.17, 15) is 4.79 Å². The summed E-state index contributed by atoms with van der Waals surface area (Å²) >= 11 is 0. The quantitative estimate of drug-likeness (QED) is 0.716. The van der Waals surface area contributed by atoms with Crippen molar-refractivity contribution >= 4 is 16.7 Å². The van der Waals surface area contributed by atoms with Crippen molar-refractivity contribution in [1.29, 1.82) is 0 Å². The molecule has 3 heterocycles. The van der Waals surface area contributed by atoms with Crippen molar-refractivity contribution in [2.24, 2.45) is 7.05 Å². The van der Waals surface area contributed by atoms with Crippen LogP contribution in [0, 0.1) is 6.92 Å². The van der Waals surface area contributed by atoms with Crippen LogP contribution in [-0.4, -0.2) is 26.1 Å². The fraction of sp³-hybridized carbons (Fsp3) is 0.429. The van der Waals surface area contributed by atoms with E-state index in [0.717, 1.165) is 48.1 Å². The summed E-state index contributed by atoms with van der Waals surface area (Å²) in [4.78, 5) is 29.5. The Morgan fingerprint density at radius 2 is 1.89 bits per heavy atom. The summed E-state index contributed by atoms with van der Waals surface area (Å²) < 4.78 is 1.71.